The summed E-state index contributed by atoms with van der Waals surface area (Å²) in [7, 11) is 0. The summed E-state index contributed by atoms with van der Waals surface area (Å²) in [6, 6.07) is 9.69. The van der Waals surface area contributed by atoms with E-state index in [2.05, 4.69) is 15.8 Å². The number of carbonyl (C=O) groups excluding carboxylic acids is 1. The molecule has 122 valence electrons. The Morgan fingerprint density at radius 1 is 1.29 bits per heavy atom. The van der Waals surface area contributed by atoms with Gasteiger partial charge in [0.05, 0.1) is 9.80 Å². The fourth-order valence-corrected chi connectivity index (χ4v) is 2.68. The Bertz CT molecular complexity index is 889. The summed E-state index contributed by atoms with van der Waals surface area (Å²) < 4.78 is 5.50. The first-order chi connectivity index (χ1) is 11.6. The maximum atomic E-state index is 12.2. The second-order valence-corrected chi connectivity index (χ2v) is 5.70. The van der Waals surface area contributed by atoms with Crippen LogP contribution in [0.3, 0.4) is 0 Å². The summed E-state index contributed by atoms with van der Waals surface area (Å²) >= 11 is 1.45. The molecule has 3 aromatic rings. The summed E-state index contributed by atoms with van der Waals surface area (Å²) in [5.74, 6) is 0.177. The minimum Gasteiger partial charge on any atom is -0.440 e. The first-order valence-electron chi connectivity index (χ1n) is 6.87. The average molecular weight is 344 g/mol. The van der Waals surface area contributed by atoms with Gasteiger partial charge in [-0.05, 0) is 24.4 Å². The van der Waals surface area contributed by atoms with Gasteiger partial charge in [0, 0.05) is 6.07 Å². The van der Waals surface area contributed by atoms with Crippen molar-refractivity contribution in [2.24, 2.45) is 0 Å². The van der Waals surface area contributed by atoms with E-state index < -0.39 is 10.8 Å². The van der Waals surface area contributed by atoms with Crippen LogP contribution in [0.25, 0.3) is 10.8 Å². The monoisotopic (exact) mass is 344 g/mol. The number of aromatic nitrogens is 1. The molecular formula is C15H12N4O4S. The topological polar surface area (TPSA) is 110 Å². The number of nitro benzene ring substituents is 1. The zero-order valence-electron chi connectivity index (χ0n) is 12.5. The van der Waals surface area contributed by atoms with Crippen molar-refractivity contribution in [2.45, 2.75) is 6.92 Å². The van der Waals surface area contributed by atoms with Crippen molar-refractivity contribution in [3.8, 4) is 10.8 Å². The molecule has 0 aliphatic heterocycles. The van der Waals surface area contributed by atoms with E-state index in [4.69, 9.17) is 4.42 Å². The van der Waals surface area contributed by atoms with Crippen molar-refractivity contribution < 1.29 is 14.1 Å². The zero-order chi connectivity index (χ0) is 17.1. The lowest BCUT2D eigenvalue weighted by Crippen LogP contribution is -2.30. The highest BCUT2D eigenvalue weighted by molar-refractivity contribution is 7.13. The summed E-state index contributed by atoms with van der Waals surface area (Å²) in [5.41, 5.74) is 5.09. The van der Waals surface area contributed by atoms with Crippen LogP contribution in [0.15, 0.2) is 46.2 Å². The van der Waals surface area contributed by atoms with Gasteiger partial charge in [0.15, 0.2) is 5.69 Å². The lowest BCUT2D eigenvalue weighted by Gasteiger charge is -2.07. The molecule has 3 rings (SSSR count). The van der Waals surface area contributed by atoms with Crippen molar-refractivity contribution in [1.29, 1.82) is 0 Å². The number of oxazole rings is 1. The fourth-order valence-electron chi connectivity index (χ4n) is 2.03. The highest BCUT2D eigenvalue weighted by Gasteiger charge is 2.19. The van der Waals surface area contributed by atoms with Gasteiger partial charge in [-0.15, -0.1) is 11.3 Å². The van der Waals surface area contributed by atoms with E-state index >= 15 is 0 Å². The molecule has 2 aromatic heterocycles. The van der Waals surface area contributed by atoms with Gasteiger partial charge in [0.2, 0.25) is 5.89 Å². The minimum atomic E-state index is -0.544. The van der Waals surface area contributed by atoms with E-state index in [-0.39, 0.29) is 17.1 Å². The largest absolute Gasteiger partial charge is 0.440 e. The Balaban J connectivity index is 1.76. The highest BCUT2D eigenvalue weighted by atomic mass is 32.1. The zero-order valence-corrected chi connectivity index (χ0v) is 13.3. The number of hydrogen-bond donors (Lipinski definition) is 2. The van der Waals surface area contributed by atoms with E-state index in [0.29, 0.717) is 11.7 Å². The molecule has 0 radical (unpaired) electrons. The number of hydrogen-bond acceptors (Lipinski definition) is 7. The van der Waals surface area contributed by atoms with Gasteiger partial charge >= 0.3 is 0 Å². The van der Waals surface area contributed by atoms with E-state index in [1.54, 1.807) is 19.1 Å². The van der Waals surface area contributed by atoms with Crippen molar-refractivity contribution in [3.05, 3.63) is 63.3 Å². The van der Waals surface area contributed by atoms with E-state index in [1.807, 2.05) is 17.5 Å². The Morgan fingerprint density at radius 3 is 2.79 bits per heavy atom. The number of anilines is 1. The normalized spacial score (nSPS) is 10.4. The molecule has 0 fully saturated rings. The van der Waals surface area contributed by atoms with Crippen LogP contribution in [0.1, 0.15) is 16.2 Å². The number of benzene rings is 1. The minimum absolute atomic E-state index is 0.115. The van der Waals surface area contributed by atoms with E-state index in [0.717, 1.165) is 4.88 Å². The van der Waals surface area contributed by atoms with E-state index in [9.17, 15) is 14.9 Å². The average Bonchev–Trinajstić information content (AvgIpc) is 3.22. The lowest BCUT2D eigenvalue weighted by molar-refractivity contribution is -0.384. The van der Waals surface area contributed by atoms with Crippen LogP contribution in [0, 0.1) is 17.0 Å². The summed E-state index contributed by atoms with van der Waals surface area (Å²) in [6.45, 7) is 1.63. The fraction of sp³-hybridized carbons (Fsp3) is 0.0667. The Labute approximate surface area is 140 Å². The van der Waals surface area contributed by atoms with E-state index in [1.165, 1.54) is 23.5 Å². The number of nitrogens with one attached hydrogen (secondary N) is 2. The molecule has 0 spiro atoms. The van der Waals surface area contributed by atoms with Crippen LogP contribution in [-0.4, -0.2) is 15.8 Å². The molecule has 8 nitrogen and oxygen atoms in total. The van der Waals surface area contributed by atoms with Gasteiger partial charge < -0.3 is 4.42 Å². The van der Waals surface area contributed by atoms with Crippen LogP contribution in [0.4, 0.5) is 11.4 Å². The number of para-hydroxylation sites is 2. The molecule has 0 bridgehead atoms. The number of hydrazine groups is 1. The van der Waals surface area contributed by atoms with Crippen molar-refractivity contribution in [1.82, 2.24) is 10.4 Å². The SMILES string of the molecule is Cc1oc(-c2cccs2)nc1C(=O)NNc1ccccc1[N+](=O)[O-]. The molecule has 2 N–H and O–H groups in total. The van der Waals surface area contributed by atoms with Crippen LogP contribution in [0.2, 0.25) is 0 Å². The lowest BCUT2D eigenvalue weighted by atomic mass is 10.3. The number of nitro groups is 1. The van der Waals surface area contributed by atoms with Crippen molar-refractivity contribution in [3.63, 3.8) is 0 Å². The van der Waals surface area contributed by atoms with Gasteiger partial charge in [-0.2, -0.15) is 0 Å². The Hall–Kier alpha value is -3.20. The van der Waals surface area contributed by atoms with Crippen LogP contribution < -0.4 is 10.9 Å². The maximum Gasteiger partial charge on any atom is 0.294 e. The molecule has 0 saturated carbocycles. The van der Waals surface area contributed by atoms with Gasteiger partial charge in [-0.1, -0.05) is 18.2 Å². The third-order valence-electron chi connectivity index (χ3n) is 3.16. The number of amides is 1. The molecule has 1 aromatic carbocycles. The summed E-state index contributed by atoms with van der Waals surface area (Å²) in [4.78, 5) is 27.6. The first kappa shape index (κ1) is 15.7. The maximum absolute atomic E-state index is 12.2. The molecule has 24 heavy (non-hydrogen) atoms. The third-order valence-corrected chi connectivity index (χ3v) is 4.01. The summed E-state index contributed by atoms with van der Waals surface area (Å²) in [5, 5.41) is 12.8. The third kappa shape index (κ3) is 3.10. The second-order valence-electron chi connectivity index (χ2n) is 4.75. The van der Waals surface area contributed by atoms with Gasteiger partial charge in [-0.3, -0.25) is 25.8 Å². The Kier molecular flexibility index (Phi) is 4.25. The number of carbonyl (C=O) groups is 1. The molecule has 0 aliphatic rings. The molecule has 0 atom stereocenters. The van der Waals surface area contributed by atoms with Crippen LogP contribution in [0.5, 0.6) is 0 Å². The Morgan fingerprint density at radius 2 is 2.08 bits per heavy atom. The number of aryl methyl sites for hydroxylation is 1. The van der Waals surface area contributed by atoms with Crippen LogP contribution in [-0.2, 0) is 0 Å². The number of nitrogens with zero attached hydrogens (tertiary/aromatic N) is 2. The van der Waals surface area contributed by atoms with Gasteiger partial charge in [0.25, 0.3) is 11.6 Å². The van der Waals surface area contributed by atoms with Gasteiger partial charge in [0.1, 0.15) is 11.4 Å². The molecule has 9 heteroatoms. The molecule has 0 aliphatic carbocycles. The van der Waals surface area contributed by atoms with Gasteiger partial charge in [-0.25, -0.2) is 4.98 Å². The molecule has 1 amide bonds. The summed E-state index contributed by atoms with van der Waals surface area (Å²) in [6.07, 6.45) is 0. The smallest absolute Gasteiger partial charge is 0.294 e. The molecule has 0 unspecified atom stereocenters. The quantitative estimate of drug-likeness (QED) is 0.542. The highest BCUT2D eigenvalue weighted by Crippen LogP contribution is 2.26. The van der Waals surface area contributed by atoms with Crippen molar-refractivity contribution in [2.75, 3.05) is 5.43 Å². The molecular weight excluding hydrogens is 332 g/mol. The second kappa shape index (κ2) is 6.50. The molecule has 0 saturated heterocycles. The number of rotatable bonds is 5. The standard InChI is InChI=1S/C15H12N4O4S/c1-9-13(16-15(23-9)12-7-4-8-24-12)14(20)18-17-10-5-2-3-6-11(10)19(21)22/h2-8,17H,1H3,(H,18,20). The van der Waals surface area contributed by atoms with Crippen LogP contribution >= 0.6 is 11.3 Å². The van der Waals surface area contributed by atoms with Crippen molar-refractivity contribution >= 4 is 28.6 Å². The predicted octanol–water partition coefficient (Wildman–Crippen LogP) is 3.38. The first-order valence-corrected chi connectivity index (χ1v) is 7.75. The number of thiophene rings is 1. The molecule has 2 heterocycles. The predicted molar refractivity (Wildman–Crippen MR) is 88.7 cm³/mol.